The molecule has 2 heterocycles. The third-order valence-corrected chi connectivity index (χ3v) is 2.95. The number of nitrogens with one attached hydrogen (secondary N) is 2. The molecule has 1 saturated heterocycles. The first-order valence-electron chi connectivity index (χ1n) is 5.76. The molecule has 0 saturated carbocycles. The van der Waals surface area contributed by atoms with Crippen molar-refractivity contribution in [1.82, 2.24) is 10.3 Å². The van der Waals surface area contributed by atoms with E-state index in [1.165, 1.54) is 6.07 Å². The summed E-state index contributed by atoms with van der Waals surface area (Å²) >= 11 is 0. The smallest absolute Gasteiger partial charge is 0.290 e. The highest BCUT2D eigenvalue weighted by Crippen LogP contribution is 2.19. The molecule has 2 N–H and O–H groups in total. The molecule has 2 rings (SSSR count). The van der Waals surface area contributed by atoms with Crippen LogP contribution in [0.2, 0.25) is 0 Å². The van der Waals surface area contributed by atoms with Crippen LogP contribution >= 0.6 is 12.4 Å². The molecule has 1 aromatic heterocycles. The van der Waals surface area contributed by atoms with Crippen LogP contribution in [0, 0.1) is 17.0 Å². The molecule has 1 aliphatic heterocycles. The average Bonchev–Trinajstić information content (AvgIpc) is 2.30. The van der Waals surface area contributed by atoms with Gasteiger partial charge in [0.15, 0.2) is 0 Å². The monoisotopic (exact) mass is 272 g/mol. The van der Waals surface area contributed by atoms with Gasteiger partial charge >= 0.3 is 0 Å². The number of nitrogens with zero attached hydrogens (tertiary/aromatic N) is 2. The third-order valence-electron chi connectivity index (χ3n) is 2.95. The second-order valence-electron chi connectivity index (χ2n) is 4.23. The largest absolute Gasteiger partial charge is 0.367 e. The number of nitro groups is 1. The van der Waals surface area contributed by atoms with Crippen molar-refractivity contribution in [3.8, 4) is 0 Å². The SMILES string of the molecule is Cc1nc(NC2CCNCC2)ccc1[N+](=O)[O-].Cl. The van der Waals surface area contributed by atoms with Crippen molar-refractivity contribution in [1.29, 1.82) is 0 Å². The molecule has 1 aromatic rings. The van der Waals surface area contributed by atoms with Crippen LogP contribution in [0.15, 0.2) is 12.1 Å². The third kappa shape index (κ3) is 3.54. The Morgan fingerprint density at radius 2 is 2.11 bits per heavy atom. The first kappa shape index (κ1) is 14.7. The number of rotatable bonds is 3. The van der Waals surface area contributed by atoms with E-state index < -0.39 is 4.92 Å². The van der Waals surface area contributed by atoms with Crippen molar-refractivity contribution < 1.29 is 4.92 Å². The molecule has 18 heavy (non-hydrogen) atoms. The Kier molecular flexibility index (Phi) is 5.30. The van der Waals surface area contributed by atoms with Crippen molar-refractivity contribution in [3.63, 3.8) is 0 Å². The Labute approximate surface area is 112 Å². The van der Waals surface area contributed by atoms with Gasteiger partial charge in [0, 0.05) is 12.1 Å². The molecule has 0 bridgehead atoms. The molecule has 6 nitrogen and oxygen atoms in total. The van der Waals surface area contributed by atoms with Crippen LogP contribution < -0.4 is 10.6 Å². The van der Waals surface area contributed by atoms with Crippen molar-refractivity contribution in [2.24, 2.45) is 0 Å². The summed E-state index contributed by atoms with van der Waals surface area (Å²) in [6, 6.07) is 3.59. The number of aromatic nitrogens is 1. The van der Waals surface area contributed by atoms with Crippen LogP contribution in [0.3, 0.4) is 0 Å². The summed E-state index contributed by atoms with van der Waals surface area (Å²) in [6.45, 7) is 3.67. The van der Waals surface area contributed by atoms with E-state index in [9.17, 15) is 10.1 Å². The fourth-order valence-electron chi connectivity index (χ4n) is 2.00. The van der Waals surface area contributed by atoms with E-state index in [4.69, 9.17) is 0 Å². The van der Waals surface area contributed by atoms with E-state index in [0.717, 1.165) is 31.7 Å². The summed E-state index contributed by atoms with van der Waals surface area (Å²) in [5.41, 5.74) is 0.523. The number of halogens is 1. The highest BCUT2D eigenvalue weighted by atomic mass is 35.5. The first-order chi connectivity index (χ1) is 8.16. The maximum atomic E-state index is 10.7. The van der Waals surface area contributed by atoms with Gasteiger partial charge in [0.1, 0.15) is 11.5 Å². The molecular weight excluding hydrogens is 256 g/mol. The number of hydrogen-bond acceptors (Lipinski definition) is 5. The minimum Gasteiger partial charge on any atom is -0.367 e. The zero-order chi connectivity index (χ0) is 12.3. The van der Waals surface area contributed by atoms with Crippen molar-refractivity contribution >= 4 is 23.9 Å². The number of piperidine rings is 1. The van der Waals surface area contributed by atoms with E-state index in [1.54, 1.807) is 13.0 Å². The lowest BCUT2D eigenvalue weighted by Gasteiger charge is -2.24. The van der Waals surface area contributed by atoms with Crippen molar-refractivity contribution in [2.75, 3.05) is 18.4 Å². The van der Waals surface area contributed by atoms with E-state index in [2.05, 4.69) is 15.6 Å². The second kappa shape index (κ2) is 6.51. The fraction of sp³-hybridized carbons (Fsp3) is 0.545. The summed E-state index contributed by atoms with van der Waals surface area (Å²) in [6.07, 6.45) is 2.11. The van der Waals surface area contributed by atoms with Crippen LogP contribution in [0.1, 0.15) is 18.5 Å². The maximum Gasteiger partial charge on any atom is 0.290 e. The average molecular weight is 273 g/mol. The molecule has 1 fully saturated rings. The predicted octanol–water partition coefficient (Wildman–Crippen LogP) is 1.88. The van der Waals surface area contributed by atoms with Crippen molar-refractivity contribution in [2.45, 2.75) is 25.8 Å². The number of anilines is 1. The van der Waals surface area contributed by atoms with Gasteiger partial charge in [0.05, 0.1) is 4.92 Å². The van der Waals surface area contributed by atoms with Gasteiger partial charge in [0.2, 0.25) is 0 Å². The van der Waals surface area contributed by atoms with Crippen LogP contribution in [-0.4, -0.2) is 29.0 Å². The molecule has 100 valence electrons. The molecule has 0 atom stereocenters. The lowest BCUT2D eigenvalue weighted by Crippen LogP contribution is -2.35. The quantitative estimate of drug-likeness (QED) is 0.649. The van der Waals surface area contributed by atoms with Gasteiger partial charge in [-0.2, -0.15) is 0 Å². The maximum absolute atomic E-state index is 10.7. The molecule has 0 aliphatic carbocycles. The molecule has 7 heteroatoms. The molecule has 0 spiro atoms. The van der Waals surface area contributed by atoms with Crippen LogP contribution in [0.25, 0.3) is 0 Å². The lowest BCUT2D eigenvalue weighted by molar-refractivity contribution is -0.385. The normalized spacial score (nSPS) is 15.8. The summed E-state index contributed by atoms with van der Waals surface area (Å²) in [7, 11) is 0. The van der Waals surface area contributed by atoms with Crippen LogP contribution in [0.5, 0.6) is 0 Å². The van der Waals surface area contributed by atoms with Crippen LogP contribution in [0.4, 0.5) is 11.5 Å². The number of hydrogen-bond donors (Lipinski definition) is 2. The summed E-state index contributed by atoms with van der Waals surface area (Å²) in [4.78, 5) is 14.5. The first-order valence-corrected chi connectivity index (χ1v) is 5.76. The summed E-state index contributed by atoms with van der Waals surface area (Å²) in [5, 5.41) is 17.3. The van der Waals surface area contributed by atoms with E-state index in [0.29, 0.717) is 11.7 Å². The van der Waals surface area contributed by atoms with Gasteiger partial charge in [-0.3, -0.25) is 10.1 Å². The Hall–Kier alpha value is -1.40. The molecular formula is C11H17ClN4O2. The van der Waals surface area contributed by atoms with Gasteiger partial charge in [0.25, 0.3) is 5.69 Å². The van der Waals surface area contributed by atoms with E-state index >= 15 is 0 Å². The minimum atomic E-state index is -0.406. The standard InChI is InChI=1S/C11H16N4O2.ClH/c1-8-10(15(16)17)2-3-11(13-8)14-9-4-6-12-7-5-9;/h2-3,9,12H,4-7H2,1H3,(H,13,14);1H. The van der Waals surface area contributed by atoms with E-state index in [1.807, 2.05) is 0 Å². The molecule has 0 radical (unpaired) electrons. The van der Waals surface area contributed by atoms with Gasteiger partial charge < -0.3 is 10.6 Å². The Morgan fingerprint density at radius 1 is 1.44 bits per heavy atom. The Bertz CT molecular complexity index is 422. The van der Waals surface area contributed by atoms with Crippen LogP contribution in [-0.2, 0) is 0 Å². The summed E-state index contributed by atoms with van der Waals surface area (Å²) in [5.74, 6) is 0.722. The zero-order valence-electron chi connectivity index (χ0n) is 10.2. The zero-order valence-corrected chi connectivity index (χ0v) is 11.0. The predicted molar refractivity (Wildman–Crippen MR) is 72.4 cm³/mol. The number of pyridine rings is 1. The van der Waals surface area contributed by atoms with Gasteiger partial charge in [-0.1, -0.05) is 0 Å². The lowest BCUT2D eigenvalue weighted by atomic mass is 10.1. The molecule has 0 amide bonds. The molecule has 0 unspecified atom stereocenters. The molecule has 0 aromatic carbocycles. The number of aryl methyl sites for hydroxylation is 1. The summed E-state index contributed by atoms with van der Waals surface area (Å²) < 4.78 is 0. The highest BCUT2D eigenvalue weighted by molar-refractivity contribution is 5.85. The van der Waals surface area contributed by atoms with Gasteiger partial charge in [-0.25, -0.2) is 4.98 Å². The fourth-order valence-corrected chi connectivity index (χ4v) is 2.00. The van der Waals surface area contributed by atoms with Crippen molar-refractivity contribution in [3.05, 3.63) is 27.9 Å². The van der Waals surface area contributed by atoms with Gasteiger partial charge in [-0.05, 0) is 38.9 Å². The minimum absolute atomic E-state index is 0. The molecule has 1 aliphatic rings. The topological polar surface area (TPSA) is 80.1 Å². The Morgan fingerprint density at radius 3 is 2.67 bits per heavy atom. The second-order valence-corrected chi connectivity index (χ2v) is 4.23. The van der Waals surface area contributed by atoms with Gasteiger partial charge in [-0.15, -0.1) is 12.4 Å². The van der Waals surface area contributed by atoms with E-state index in [-0.39, 0.29) is 18.1 Å². The highest BCUT2D eigenvalue weighted by Gasteiger charge is 2.15. The Balaban J connectivity index is 0.00000162.